The number of benzene rings is 1. The summed E-state index contributed by atoms with van der Waals surface area (Å²) in [5.74, 6) is 1.38. The van der Waals surface area contributed by atoms with Gasteiger partial charge in [-0.25, -0.2) is 0 Å². The molecule has 0 aliphatic heterocycles. The van der Waals surface area contributed by atoms with Crippen molar-refractivity contribution in [2.45, 2.75) is 97.8 Å². The molecule has 0 fully saturated rings. The topological polar surface area (TPSA) is 44.2 Å². The van der Waals surface area contributed by atoms with Gasteiger partial charge in [-0.2, -0.15) is 9.97 Å². The lowest BCUT2D eigenvalue weighted by molar-refractivity contribution is 0.258. The van der Waals surface area contributed by atoms with Crippen molar-refractivity contribution in [3.8, 4) is 23.0 Å². The maximum atomic E-state index is 6.10. The molecule has 0 aliphatic carbocycles. The van der Waals surface area contributed by atoms with Crippen LogP contribution in [-0.2, 0) is 0 Å². The molecule has 1 aromatic carbocycles. The highest BCUT2D eigenvalue weighted by Crippen LogP contribution is 2.29. The van der Waals surface area contributed by atoms with Gasteiger partial charge in [0.1, 0.15) is 5.69 Å². The fraction of sp³-hybridized carbons (Fsp3) is 0.643. The summed E-state index contributed by atoms with van der Waals surface area (Å²) in [6.07, 6.45) is 17.1. The lowest BCUT2D eigenvalue weighted by Gasteiger charge is -2.13. The highest BCUT2D eigenvalue weighted by molar-refractivity contribution is 5.65. The van der Waals surface area contributed by atoms with Crippen LogP contribution in [0.5, 0.6) is 11.8 Å². The molecule has 4 heteroatoms. The molecule has 0 saturated carbocycles. The van der Waals surface area contributed by atoms with E-state index in [-0.39, 0.29) is 0 Å². The molecule has 178 valence electrons. The van der Waals surface area contributed by atoms with E-state index in [1.165, 1.54) is 57.8 Å². The summed E-state index contributed by atoms with van der Waals surface area (Å²) >= 11 is 0. The summed E-state index contributed by atoms with van der Waals surface area (Å²) in [6.45, 7) is 8.06. The lowest BCUT2D eigenvalue weighted by Crippen LogP contribution is -2.07. The molecule has 0 amide bonds. The number of unbranched alkanes of at least 4 members (excludes halogenated alkanes) is 9. The van der Waals surface area contributed by atoms with Crippen molar-refractivity contribution in [3.63, 3.8) is 0 Å². The first kappa shape index (κ1) is 26.2. The minimum absolute atomic E-state index is 0.429. The molecule has 1 aromatic heterocycles. The van der Waals surface area contributed by atoms with Crippen LogP contribution in [0.4, 0.5) is 0 Å². The molecule has 1 unspecified atom stereocenters. The molecule has 1 heterocycles. The Labute approximate surface area is 196 Å². The summed E-state index contributed by atoms with van der Waals surface area (Å²) in [5, 5.41) is 0. The molecule has 0 spiro atoms. The van der Waals surface area contributed by atoms with E-state index in [1.807, 2.05) is 18.2 Å². The predicted molar refractivity (Wildman–Crippen MR) is 134 cm³/mol. The maximum absolute atomic E-state index is 6.10. The quantitative estimate of drug-likeness (QED) is 0.219. The number of hydrogen-bond acceptors (Lipinski definition) is 4. The highest BCUT2D eigenvalue weighted by atomic mass is 16.5. The molecule has 2 rings (SSSR count). The fourth-order valence-electron chi connectivity index (χ4n) is 3.66. The van der Waals surface area contributed by atoms with Crippen LogP contribution in [0.3, 0.4) is 0 Å². The number of nitrogens with zero attached hydrogens (tertiary/aromatic N) is 2. The number of rotatable bonds is 18. The van der Waals surface area contributed by atoms with Crippen LogP contribution < -0.4 is 9.47 Å². The zero-order valence-corrected chi connectivity index (χ0v) is 20.7. The molecule has 32 heavy (non-hydrogen) atoms. The summed E-state index contributed by atoms with van der Waals surface area (Å²) in [6, 6.07) is 10.6. The fourth-order valence-corrected chi connectivity index (χ4v) is 3.66. The summed E-state index contributed by atoms with van der Waals surface area (Å²) in [4.78, 5) is 9.08. The van der Waals surface area contributed by atoms with E-state index in [2.05, 4.69) is 42.9 Å². The molecule has 0 N–H and O–H groups in total. The van der Waals surface area contributed by atoms with Crippen molar-refractivity contribution in [1.29, 1.82) is 0 Å². The van der Waals surface area contributed by atoms with Crippen LogP contribution >= 0.6 is 0 Å². The van der Waals surface area contributed by atoms with Gasteiger partial charge in [0.2, 0.25) is 0 Å². The Morgan fingerprint density at radius 1 is 0.781 bits per heavy atom. The Morgan fingerprint density at radius 2 is 1.44 bits per heavy atom. The molecule has 0 radical (unpaired) electrons. The lowest BCUT2D eigenvalue weighted by atomic mass is 10.1. The summed E-state index contributed by atoms with van der Waals surface area (Å²) in [5.41, 5.74) is 1.84. The third kappa shape index (κ3) is 10.5. The minimum Gasteiger partial charge on any atom is -0.490 e. The second kappa shape index (κ2) is 16.5. The molecule has 0 aliphatic rings. The van der Waals surface area contributed by atoms with E-state index < -0.39 is 0 Å². The first-order valence-corrected chi connectivity index (χ1v) is 12.9. The molecule has 0 saturated heterocycles. The van der Waals surface area contributed by atoms with Gasteiger partial charge >= 0.3 is 6.01 Å². The van der Waals surface area contributed by atoms with Gasteiger partial charge in [0.15, 0.2) is 5.75 Å². The summed E-state index contributed by atoms with van der Waals surface area (Å²) < 4.78 is 11.9. The monoisotopic (exact) mass is 440 g/mol. The second-order valence-electron chi connectivity index (χ2n) is 8.91. The van der Waals surface area contributed by atoms with Crippen LogP contribution in [0.1, 0.15) is 97.8 Å². The van der Waals surface area contributed by atoms with Gasteiger partial charge in [0.05, 0.1) is 19.4 Å². The third-order valence-electron chi connectivity index (χ3n) is 6.07. The SMILES string of the molecule is CCCCCCCCCCCCOc1cnc(OCCC(C)CC)nc1-c1ccccc1. The second-order valence-corrected chi connectivity index (χ2v) is 8.91. The van der Waals surface area contributed by atoms with Crippen LogP contribution in [0.15, 0.2) is 36.5 Å². The highest BCUT2D eigenvalue weighted by Gasteiger charge is 2.12. The standard InChI is InChI=1S/C28H44N2O2/c1-4-6-7-8-9-10-11-12-13-17-21-31-26-23-29-28(32-22-20-24(3)5-2)30-27(26)25-18-15-14-16-19-25/h14-16,18-19,23-24H,4-13,17,20-22H2,1-3H3. The number of ether oxygens (including phenoxy) is 2. The van der Waals surface area contributed by atoms with Gasteiger partial charge < -0.3 is 9.47 Å². The minimum atomic E-state index is 0.429. The van der Waals surface area contributed by atoms with E-state index in [1.54, 1.807) is 6.20 Å². The van der Waals surface area contributed by atoms with Gasteiger partial charge in [-0.05, 0) is 18.8 Å². The third-order valence-corrected chi connectivity index (χ3v) is 6.07. The Kier molecular flexibility index (Phi) is 13.5. The van der Waals surface area contributed by atoms with E-state index in [9.17, 15) is 0 Å². The molecule has 1 atom stereocenters. The van der Waals surface area contributed by atoms with Crippen LogP contribution in [0, 0.1) is 5.92 Å². The Morgan fingerprint density at radius 3 is 2.09 bits per heavy atom. The predicted octanol–water partition coefficient (Wildman–Crippen LogP) is 8.26. The van der Waals surface area contributed by atoms with Gasteiger partial charge in [-0.1, -0.05) is 115 Å². The van der Waals surface area contributed by atoms with Gasteiger partial charge in [-0.15, -0.1) is 0 Å². The molecule has 2 aromatic rings. The smallest absolute Gasteiger partial charge is 0.317 e. The first-order chi connectivity index (χ1) is 15.7. The normalized spacial score (nSPS) is 12.0. The van der Waals surface area contributed by atoms with E-state index in [0.717, 1.165) is 36.3 Å². The Bertz CT molecular complexity index is 721. The van der Waals surface area contributed by atoms with E-state index in [4.69, 9.17) is 9.47 Å². The van der Waals surface area contributed by atoms with Crippen molar-refractivity contribution in [2.24, 2.45) is 5.92 Å². The molecular weight excluding hydrogens is 396 g/mol. The maximum Gasteiger partial charge on any atom is 0.317 e. The number of aromatic nitrogens is 2. The zero-order chi connectivity index (χ0) is 22.9. The number of hydrogen-bond donors (Lipinski definition) is 0. The van der Waals surface area contributed by atoms with E-state index >= 15 is 0 Å². The van der Waals surface area contributed by atoms with Crippen molar-refractivity contribution < 1.29 is 9.47 Å². The zero-order valence-electron chi connectivity index (χ0n) is 20.7. The van der Waals surface area contributed by atoms with Gasteiger partial charge in [0.25, 0.3) is 0 Å². The summed E-state index contributed by atoms with van der Waals surface area (Å²) in [7, 11) is 0. The van der Waals surface area contributed by atoms with Crippen molar-refractivity contribution in [1.82, 2.24) is 9.97 Å². The molecule has 4 nitrogen and oxygen atoms in total. The molecule has 0 bridgehead atoms. The van der Waals surface area contributed by atoms with Crippen molar-refractivity contribution >= 4 is 0 Å². The van der Waals surface area contributed by atoms with Crippen molar-refractivity contribution in [3.05, 3.63) is 36.5 Å². The van der Waals surface area contributed by atoms with Crippen LogP contribution in [0.25, 0.3) is 11.3 Å². The largest absolute Gasteiger partial charge is 0.490 e. The van der Waals surface area contributed by atoms with Crippen molar-refractivity contribution in [2.75, 3.05) is 13.2 Å². The molecular formula is C28H44N2O2. The first-order valence-electron chi connectivity index (χ1n) is 12.9. The van der Waals surface area contributed by atoms with Crippen LogP contribution in [-0.4, -0.2) is 23.2 Å². The van der Waals surface area contributed by atoms with Crippen LogP contribution in [0.2, 0.25) is 0 Å². The average molecular weight is 441 g/mol. The van der Waals surface area contributed by atoms with E-state index in [0.29, 0.717) is 25.1 Å². The Hall–Kier alpha value is -2.10. The van der Waals surface area contributed by atoms with Gasteiger partial charge in [-0.3, -0.25) is 0 Å². The van der Waals surface area contributed by atoms with Gasteiger partial charge in [0, 0.05) is 5.56 Å². The Balaban J connectivity index is 1.78. The average Bonchev–Trinajstić information content (AvgIpc) is 2.83.